The smallest absolute Gasteiger partial charge is 0.416 e. The van der Waals surface area contributed by atoms with E-state index >= 15 is 0 Å². The molecular formula is C16H22F3NO2. The third-order valence-corrected chi connectivity index (χ3v) is 2.68. The molecule has 0 aromatic heterocycles. The monoisotopic (exact) mass is 317 g/mol. The summed E-state index contributed by atoms with van der Waals surface area (Å²) in [6.45, 7) is 10.3. The highest BCUT2D eigenvalue weighted by atomic mass is 19.4. The predicted octanol–water partition coefficient (Wildman–Crippen LogP) is 5.25. The lowest BCUT2D eigenvalue weighted by atomic mass is 10.0. The van der Waals surface area contributed by atoms with Gasteiger partial charge in [0.1, 0.15) is 5.60 Å². The highest BCUT2D eigenvalue weighted by Crippen LogP contribution is 2.34. The van der Waals surface area contributed by atoms with Crippen molar-refractivity contribution in [1.29, 1.82) is 0 Å². The molecule has 0 aliphatic carbocycles. The molecule has 0 unspecified atom stereocenters. The number of halogens is 3. The molecule has 1 aromatic rings. The number of alkyl halides is 3. The van der Waals surface area contributed by atoms with Crippen LogP contribution >= 0.6 is 0 Å². The van der Waals surface area contributed by atoms with Crippen molar-refractivity contribution in [3.63, 3.8) is 0 Å². The molecule has 1 amide bonds. The van der Waals surface area contributed by atoms with Gasteiger partial charge < -0.3 is 4.74 Å². The molecule has 0 N–H and O–H groups in total. The first kappa shape index (κ1) is 18.3. The lowest BCUT2D eigenvalue weighted by molar-refractivity contribution is -0.137. The molecule has 0 radical (unpaired) electrons. The average Bonchev–Trinajstić information content (AvgIpc) is 2.23. The minimum absolute atomic E-state index is 0.150. The fraction of sp³-hybridized carbons (Fsp3) is 0.562. The number of carbonyl (C=O) groups excluding carboxylic acids is 1. The second kappa shape index (κ2) is 5.82. The van der Waals surface area contributed by atoms with Crippen molar-refractivity contribution in [3.05, 3.63) is 29.8 Å². The van der Waals surface area contributed by atoms with Gasteiger partial charge in [-0.15, -0.1) is 0 Å². The van der Waals surface area contributed by atoms with Crippen LogP contribution in [0.5, 0.6) is 0 Å². The molecule has 6 heteroatoms. The summed E-state index contributed by atoms with van der Waals surface area (Å²) in [5, 5.41) is 0. The fourth-order valence-electron chi connectivity index (χ4n) is 1.90. The number of nitrogens with zero attached hydrogens (tertiary/aromatic N) is 1. The summed E-state index contributed by atoms with van der Waals surface area (Å²) < 4.78 is 43.9. The van der Waals surface area contributed by atoms with Gasteiger partial charge in [-0.25, -0.2) is 4.79 Å². The van der Waals surface area contributed by atoms with Crippen molar-refractivity contribution in [2.45, 2.75) is 58.9 Å². The Bertz CT molecular complexity index is 540. The Morgan fingerprint density at radius 1 is 1.05 bits per heavy atom. The van der Waals surface area contributed by atoms with Crippen molar-refractivity contribution in [3.8, 4) is 0 Å². The summed E-state index contributed by atoms with van der Waals surface area (Å²) in [7, 11) is 0. The summed E-state index contributed by atoms with van der Waals surface area (Å²) in [4.78, 5) is 13.6. The highest BCUT2D eigenvalue weighted by Gasteiger charge is 2.35. The van der Waals surface area contributed by atoms with E-state index in [0.717, 1.165) is 12.1 Å². The Kier molecular flexibility index (Phi) is 4.85. The maximum absolute atomic E-state index is 12.9. The van der Waals surface area contributed by atoms with Crippen LogP contribution in [-0.2, 0) is 10.9 Å². The SMILES string of the molecule is CC(C)(C)OC(=O)N(c1cccc(C(F)(F)F)c1)C(C)(C)C. The Balaban J connectivity index is 3.28. The van der Waals surface area contributed by atoms with Crippen LogP contribution in [0.1, 0.15) is 47.1 Å². The molecule has 124 valence electrons. The summed E-state index contributed by atoms with van der Waals surface area (Å²) in [5.41, 5.74) is -2.12. The largest absolute Gasteiger partial charge is 0.443 e. The number of amides is 1. The van der Waals surface area contributed by atoms with Gasteiger partial charge in [0.2, 0.25) is 0 Å². The van der Waals surface area contributed by atoms with Crippen LogP contribution in [0, 0.1) is 0 Å². The topological polar surface area (TPSA) is 29.5 Å². The third-order valence-electron chi connectivity index (χ3n) is 2.68. The number of hydrogen-bond acceptors (Lipinski definition) is 2. The van der Waals surface area contributed by atoms with Crippen LogP contribution in [0.25, 0.3) is 0 Å². The van der Waals surface area contributed by atoms with Gasteiger partial charge in [-0.05, 0) is 59.7 Å². The van der Waals surface area contributed by atoms with Gasteiger partial charge in [0.25, 0.3) is 0 Å². The first-order valence-electron chi connectivity index (χ1n) is 6.92. The van der Waals surface area contributed by atoms with E-state index in [-0.39, 0.29) is 5.69 Å². The first-order chi connectivity index (χ1) is 9.72. The van der Waals surface area contributed by atoms with Crippen molar-refractivity contribution in [1.82, 2.24) is 0 Å². The van der Waals surface area contributed by atoms with Crippen LogP contribution in [0.2, 0.25) is 0 Å². The fourth-order valence-corrected chi connectivity index (χ4v) is 1.90. The molecule has 22 heavy (non-hydrogen) atoms. The van der Waals surface area contributed by atoms with E-state index in [0.29, 0.717) is 0 Å². The normalized spacial score (nSPS) is 13.0. The predicted molar refractivity (Wildman–Crippen MR) is 79.9 cm³/mol. The van der Waals surface area contributed by atoms with Gasteiger partial charge in [-0.1, -0.05) is 6.07 Å². The number of hydrogen-bond donors (Lipinski definition) is 0. The van der Waals surface area contributed by atoms with Crippen molar-refractivity contribution < 1.29 is 22.7 Å². The van der Waals surface area contributed by atoms with E-state index in [2.05, 4.69) is 0 Å². The minimum Gasteiger partial charge on any atom is -0.443 e. The second-order valence-electron chi connectivity index (χ2n) is 7.03. The first-order valence-corrected chi connectivity index (χ1v) is 6.92. The van der Waals surface area contributed by atoms with E-state index in [1.807, 2.05) is 0 Å². The molecule has 1 aromatic carbocycles. The number of carbonyl (C=O) groups is 1. The number of anilines is 1. The molecule has 0 fully saturated rings. The molecule has 3 nitrogen and oxygen atoms in total. The van der Waals surface area contributed by atoms with Gasteiger partial charge in [0.05, 0.1) is 5.56 Å². The lowest BCUT2D eigenvalue weighted by Crippen LogP contribution is -2.48. The summed E-state index contributed by atoms with van der Waals surface area (Å²) in [5.74, 6) is 0. The van der Waals surface area contributed by atoms with E-state index in [9.17, 15) is 18.0 Å². The maximum atomic E-state index is 12.9. The summed E-state index contributed by atoms with van der Waals surface area (Å²) in [6.07, 6.45) is -5.15. The molecule has 0 bridgehead atoms. The van der Waals surface area contributed by atoms with E-state index in [1.165, 1.54) is 17.0 Å². The van der Waals surface area contributed by atoms with Gasteiger partial charge in [0.15, 0.2) is 0 Å². The highest BCUT2D eigenvalue weighted by molar-refractivity contribution is 5.89. The van der Waals surface area contributed by atoms with Crippen LogP contribution < -0.4 is 4.90 Å². The third kappa shape index (κ3) is 4.93. The van der Waals surface area contributed by atoms with E-state index in [1.54, 1.807) is 41.5 Å². The van der Waals surface area contributed by atoms with Gasteiger partial charge in [-0.2, -0.15) is 13.2 Å². The van der Waals surface area contributed by atoms with Crippen LogP contribution in [0.15, 0.2) is 24.3 Å². The van der Waals surface area contributed by atoms with Crippen molar-refractivity contribution in [2.75, 3.05) is 4.90 Å². The zero-order valence-electron chi connectivity index (χ0n) is 13.7. The number of benzene rings is 1. The molecule has 1 rings (SSSR count). The molecule has 0 saturated carbocycles. The molecule has 0 heterocycles. The Morgan fingerprint density at radius 3 is 2.00 bits per heavy atom. The summed E-state index contributed by atoms with van der Waals surface area (Å²) >= 11 is 0. The van der Waals surface area contributed by atoms with Gasteiger partial charge in [0, 0.05) is 11.2 Å². The van der Waals surface area contributed by atoms with Crippen LogP contribution in [-0.4, -0.2) is 17.2 Å². The van der Waals surface area contributed by atoms with Crippen LogP contribution in [0.3, 0.4) is 0 Å². The van der Waals surface area contributed by atoms with Crippen LogP contribution in [0.4, 0.5) is 23.7 Å². The quantitative estimate of drug-likeness (QED) is 0.708. The standard InChI is InChI=1S/C16H22F3NO2/c1-14(2,3)20(13(21)22-15(4,5)6)12-9-7-8-11(10-12)16(17,18)19/h7-10H,1-6H3. The van der Waals surface area contributed by atoms with Crippen molar-refractivity contribution >= 4 is 11.8 Å². The molecular weight excluding hydrogens is 295 g/mol. The Morgan fingerprint density at radius 2 is 1.59 bits per heavy atom. The van der Waals surface area contributed by atoms with Crippen molar-refractivity contribution in [2.24, 2.45) is 0 Å². The van der Waals surface area contributed by atoms with Gasteiger partial charge >= 0.3 is 12.3 Å². The Hall–Kier alpha value is -1.72. The minimum atomic E-state index is -4.46. The zero-order valence-corrected chi connectivity index (χ0v) is 13.7. The molecule has 0 atom stereocenters. The van der Waals surface area contributed by atoms with Gasteiger partial charge in [-0.3, -0.25) is 4.90 Å². The molecule has 0 saturated heterocycles. The van der Waals surface area contributed by atoms with E-state index < -0.39 is 29.0 Å². The second-order valence-corrected chi connectivity index (χ2v) is 7.03. The number of ether oxygens (including phenoxy) is 1. The lowest BCUT2D eigenvalue weighted by Gasteiger charge is -2.37. The Labute approximate surface area is 129 Å². The average molecular weight is 317 g/mol. The van der Waals surface area contributed by atoms with E-state index in [4.69, 9.17) is 4.74 Å². The number of rotatable bonds is 1. The molecule has 0 aliphatic rings. The maximum Gasteiger partial charge on any atom is 0.416 e. The molecule has 0 aliphatic heterocycles. The molecule has 0 spiro atoms. The zero-order chi connectivity index (χ0) is 17.3. The summed E-state index contributed by atoms with van der Waals surface area (Å²) in [6, 6.07) is 4.67.